The Hall–Kier alpha value is -2.77. The maximum Gasteiger partial charge on any atom is 0.355 e. The summed E-state index contributed by atoms with van der Waals surface area (Å²) in [6.07, 6.45) is 3.41. The van der Waals surface area contributed by atoms with E-state index >= 15 is 0 Å². The quantitative estimate of drug-likeness (QED) is 0.210. The fraction of sp³-hybridized carbons (Fsp3) is 0.240. The van der Waals surface area contributed by atoms with E-state index in [2.05, 4.69) is 20.9 Å². The minimum atomic E-state index is -3.31. The van der Waals surface area contributed by atoms with Crippen molar-refractivity contribution >= 4 is 43.4 Å². The summed E-state index contributed by atoms with van der Waals surface area (Å²) in [5.41, 5.74) is 4.05. The van der Waals surface area contributed by atoms with Gasteiger partial charge in [-0.05, 0) is 87.1 Å². The highest BCUT2D eigenvalue weighted by molar-refractivity contribution is 9.10. The average molecular weight is 608 g/mol. The summed E-state index contributed by atoms with van der Waals surface area (Å²) in [7, 11) is -3.31. The van der Waals surface area contributed by atoms with Crippen molar-refractivity contribution in [3.05, 3.63) is 80.6 Å². The fourth-order valence-electron chi connectivity index (χ4n) is 4.12. The van der Waals surface area contributed by atoms with Crippen LogP contribution in [0.2, 0.25) is 0 Å². The normalized spacial score (nSPS) is 14.2. The number of hydrogen-bond acceptors (Lipinski definition) is 6. The number of aliphatic hydroxyl groups is 1. The zero-order valence-corrected chi connectivity index (χ0v) is 22.8. The molecule has 2 aromatic heterocycles. The van der Waals surface area contributed by atoms with Gasteiger partial charge in [0.2, 0.25) is 5.13 Å². The Kier molecular flexibility index (Phi) is 7.12. The molecule has 2 aromatic carbocycles. The summed E-state index contributed by atoms with van der Waals surface area (Å²) in [5, 5.41) is 31.3. The van der Waals surface area contributed by atoms with Crippen molar-refractivity contribution in [3.8, 4) is 16.4 Å². The number of nitrogens with two attached hydrogens (primary N) is 1. The predicted octanol–water partition coefficient (Wildman–Crippen LogP) is 4.34. The van der Waals surface area contributed by atoms with E-state index in [0.717, 1.165) is 36.1 Å². The van der Waals surface area contributed by atoms with E-state index in [1.807, 2.05) is 12.1 Å². The number of halogens is 2. The zero-order chi connectivity index (χ0) is 26.3. The lowest BCUT2D eigenvalue weighted by Crippen LogP contribution is -2.26. The largest absolute Gasteiger partial charge is 0.476 e. The van der Waals surface area contributed by atoms with Crippen molar-refractivity contribution in [1.29, 1.82) is 0 Å². The number of carbonyl (C=O) groups is 1. The molecule has 0 spiro atoms. The number of hydrogen-bond donors (Lipinski definition) is 4. The van der Waals surface area contributed by atoms with Crippen molar-refractivity contribution in [2.75, 3.05) is 5.94 Å². The number of aromatic nitrogens is 3. The molecule has 194 valence electrons. The van der Waals surface area contributed by atoms with Gasteiger partial charge in [0.15, 0.2) is 5.69 Å². The smallest absolute Gasteiger partial charge is 0.355 e. The van der Waals surface area contributed by atoms with Crippen LogP contribution in [0.4, 0.5) is 4.39 Å². The Morgan fingerprint density at radius 1 is 1.24 bits per heavy atom. The van der Waals surface area contributed by atoms with E-state index in [-0.39, 0.29) is 11.5 Å². The van der Waals surface area contributed by atoms with Gasteiger partial charge in [0.05, 0.1) is 15.9 Å². The second-order valence-electron chi connectivity index (χ2n) is 9.06. The number of thiol groups is 1. The molecule has 0 aliphatic heterocycles. The molecule has 12 heteroatoms. The number of carboxylic acid groups (broad SMARTS) is 1. The fourth-order valence-corrected chi connectivity index (χ4v) is 6.09. The van der Waals surface area contributed by atoms with Gasteiger partial charge >= 0.3 is 5.97 Å². The van der Waals surface area contributed by atoms with E-state index in [1.165, 1.54) is 22.8 Å². The molecule has 0 atom stereocenters. The summed E-state index contributed by atoms with van der Waals surface area (Å²) >= 11 is 4.46. The second-order valence-corrected chi connectivity index (χ2v) is 13.1. The van der Waals surface area contributed by atoms with Gasteiger partial charge in [0.25, 0.3) is 0 Å². The number of rotatable bonds is 9. The molecular formula is C25H24BrFN4O4S2. The maximum atomic E-state index is 14.0. The van der Waals surface area contributed by atoms with Crippen LogP contribution in [0.25, 0.3) is 16.4 Å². The number of thiazole rings is 1. The maximum absolute atomic E-state index is 14.0. The van der Waals surface area contributed by atoms with Crippen molar-refractivity contribution in [2.24, 2.45) is 11.1 Å². The first-order chi connectivity index (χ1) is 17.7. The van der Waals surface area contributed by atoms with E-state index in [0.29, 0.717) is 38.1 Å². The minimum absolute atomic E-state index is 0.0498. The van der Waals surface area contributed by atoms with Crippen LogP contribution in [0.5, 0.6) is 0 Å². The van der Waals surface area contributed by atoms with Crippen LogP contribution in [-0.2, 0) is 23.0 Å². The molecule has 1 saturated carbocycles. The minimum Gasteiger partial charge on any atom is -0.476 e. The van der Waals surface area contributed by atoms with Gasteiger partial charge in [-0.15, -0.1) is 11.3 Å². The Morgan fingerprint density at radius 2 is 1.97 bits per heavy atom. The van der Waals surface area contributed by atoms with Gasteiger partial charge in [-0.3, -0.25) is 9.35 Å². The number of aliphatic hydroxyl groups excluding tert-OH is 1. The van der Waals surface area contributed by atoms with Crippen LogP contribution < -0.4 is 5.14 Å². The molecule has 0 radical (unpaired) electrons. The van der Waals surface area contributed by atoms with Gasteiger partial charge in [0, 0.05) is 27.8 Å². The van der Waals surface area contributed by atoms with E-state index in [1.54, 1.807) is 28.9 Å². The molecule has 1 aliphatic rings. The molecule has 0 unspecified atom stereocenters. The SMILES string of the molecule is N[SH](=O)(CO)c1ccc(Cc2c(-c3ccc(F)c(Br)c3)nn(-c3nc(C(=O)O)cs3)c2CC2CC2)cc1. The molecule has 4 N–H and O–H groups in total. The number of aromatic carboxylic acids is 1. The molecule has 8 nitrogen and oxygen atoms in total. The van der Waals surface area contributed by atoms with Crippen LogP contribution in [-0.4, -0.2) is 41.1 Å². The molecule has 1 fully saturated rings. The van der Waals surface area contributed by atoms with Crippen molar-refractivity contribution in [1.82, 2.24) is 14.8 Å². The summed E-state index contributed by atoms with van der Waals surface area (Å²) < 4.78 is 28.4. The molecule has 0 bridgehead atoms. The monoisotopic (exact) mass is 606 g/mol. The third-order valence-corrected chi connectivity index (χ3v) is 9.33. The van der Waals surface area contributed by atoms with E-state index < -0.39 is 22.0 Å². The van der Waals surface area contributed by atoms with Crippen molar-refractivity contribution in [2.45, 2.75) is 30.6 Å². The lowest BCUT2D eigenvalue weighted by atomic mass is 9.97. The van der Waals surface area contributed by atoms with Crippen molar-refractivity contribution < 1.29 is 23.6 Å². The number of carboxylic acids is 1. The first kappa shape index (κ1) is 25.9. The molecular weight excluding hydrogens is 583 g/mol. The molecule has 4 aromatic rings. The van der Waals surface area contributed by atoms with Gasteiger partial charge in [-0.2, -0.15) is 5.10 Å². The highest BCUT2D eigenvalue weighted by atomic mass is 79.9. The first-order valence-corrected chi connectivity index (χ1v) is 15.1. The molecule has 37 heavy (non-hydrogen) atoms. The predicted molar refractivity (Wildman–Crippen MR) is 144 cm³/mol. The molecule has 2 heterocycles. The second kappa shape index (κ2) is 10.2. The standard InChI is InChI=1S/C25H24BrFN4O4S2/c26-19-11-16(5-8-20(19)27)23-18(9-14-3-6-17(7-4-14)37(28,35)13-32)22(10-15-1-2-15)31(30-23)25-29-21(12-36-25)24(33)34/h3-8,11-12,15,32,37H,1-2,9-10,13H2,(H2,28,35)(H,33,34). The van der Waals surface area contributed by atoms with Crippen LogP contribution in [0.3, 0.4) is 0 Å². The van der Waals surface area contributed by atoms with Crippen LogP contribution in [0, 0.1) is 11.7 Å². The summed E-state index contributed by atoms with van der Waals surface area (Å²) in [5.74, 6) is -1.61. The lowest BCUT2D eigenvalue weighted by Gasteiger charge is -2.16. The topological polar surface area (TPSA) is 131 Å². The average Bonchev–Trinajstić information content (AvgIpc) is 3.44. The highest BCUT2D eigenvalue weighted by Gasteiger charge is 2.29. The van der Waals surface area contributed by atoms with Gasteiger partial charge in [-0.1, -0.05) is 12.1 Å². The Morgan fingerprint density at radius 3 is 2.57 bits per heavy atom. The third kappa shape index (κ3) is 5.43. The molecule has 0 saturated heterocycles. The Labute approximate surface area is 225 Å². The Bertz CT molecular complexity index is 1530. The van der Waals surface area contributed by atoms with Crippen molar-refractivity contribution in [3.63, 3.8) is 0 Å². The van der Waals surface area contributed by atoms with Gasteiger partial charge in [0.1, 0.15) is 11.8 Å². The van der Waals surface area contributed by atoms with Crippen LogP contribution >= 0.6 is 27.3 Å². The van der Waals surface area contributed by atoms with Gasteiger partial charge < -0.3 is 10.2 Å². The number of benzene rings is 2. The third-order valence-electron chi connectivity index (χ3n) is 6.32. The highest BCUT2D eigenvalue weighted by Crippen LogP contribution is 2.38. The van der Waals surface area contributed by atoms with E-state index in [4.69, 9.17) is 10.2 Å². The van der Waals surface area contributed by atoms with E-state index in [9.17, 15) is 23.6 Å². The molecule has 0 amide bonds. The summed E-state index contributed by atoms with van der Waals surface area (Å²) in [4.78, 5) is 16.1. The van der Waals surface area contributed by atoms with Crippen LogP contribution in [0.15, 0.2) is 57.2 Å². The summed E-state index contributed by atoms with van der Waals surface area (Å²) in [6, 6.07) is 11.7. The summed E-state index contributed by atoms with van der Waals surface area (Å²) in [6.45, 7) is 0. The Balaban J connectivity index is 1.65. The lowest BCUT2D eigenvalue weighted by molar-refractivity contribution is 0.0691. The van der Waals surface area contributed by atoms with Gasteiger partial charge in [-0.25, -0.2) is 18.9 Å². The zero-order valence-electron chi connectivity index (χ0n) is 19.5. The number of nitrogens with zero attached hydrogens (tertiary/aromatic N) is 3. The van der Waals surface area contributed by atoms with Crippen LogP contribution in [0.1, 0.15) is 40.2 Å². The first-order valence-electron chi connectivity index (χ1n) is 11.5. The molecule has 5 rings (SSSR count). The molecule has 1 aliphatic carbocycles.